The van der Waals surface area contributed by atoms with Crippen LogP contribution in [0.2, 0.25) is 0 Å². The van der Waals surface area contributed by atoms with Crippen LogP contribution in [0.5, 0.6) is 11.5 Å². The van der Waals surface area contributed by atoms with Gasteiger partial charge in [0, 0.05) is 6.54 Å². The molecular formula is C17H20ClNO2. The number of hydrogen-bond acceptors (Lipinski definition) is 3. The summed E-state index contributed by atoms with van der Waals surface area (Å²) < 4.78 is 11.1. The summed E-state index contributed by atoms with van der Waals surface area (Å²) in [4.78, 5) is 0. The molecule has 0 bridgehead atoms. The van der Waals surface area contributed by atoms with E-state index in [0.29, 0.717) is 13.2 Å². The van der Waals surface area contributed by atoms with Crippen LogP contribution in [-0.4, -0.2) is 19.8 Å². The van der Waals surface area contributed by atoms with Crippen molar-refractivity contribution in [3.8, 4) is 11.5 Å². The number of halogens is 1. The topological polar surface area (TPSA) is 30.5 Å². The lowest BCUT2D eigenvalue weighted by Crippen LogP contribution is -2.18. The van der Waals surface area contributed by atoms with E-state index in [4.69, 9.17) is 9.47 Å². The molecule has 0 saturated heterocycles. The van der Waals surface area contributed by atoms with Crippen LogP contribution in [0.15, 0.2) is 48.5 Å². The van der Waals surface area contributed by atoms with Crippen LogP contribution >= 0.6 is 12.4 Å². The summed E-state index contributed by atoms with van der Waals surface area (Å²) in [6.07, 6.45) is 1.05. The van der Waals surface area contributed by atoms with E-state index in [0.717, 1.165) is 31.0 Å². The Kier molecular flexibility index (Phi) is 5.90. The van der Waals surface area contributed by atoms with Gasteiger partial charge in [-0.15, -0.1) is 12.4 Å². The zero-order chi connectivity index (χ0) is 13.6. The summed E-state index contributed by atoms with van der Waals surface area (Å²) >= 11 is 0. The largest absolute Gasteiger partial charge is 0.486 e. The summed E-state index contributed by atoms with van der Waals surface area (Å²) in [6, 6.07) is 16.7. The second kappa shape index (κ2) is 7.91. The molecule has 0 unspecified atom stereocenters. The Balaban J connectivity index is 0.00000161. The zero-order valence-electron chi connectivity index (χ0n) is 11.9. The molecule has 1 aliphatic rings. The van der Waals surface area contributed by atoms with Crippen molar-refractivity contribution < 1.29 is 9.47 Å². The number of nitrogens with one attached hydrogen (secondary N) is 1. The van der Waals surface area contributed by atoms with Crippen molar-refractivity contribution in [2.24, 2.45) is 0 Å². The van der Waals surface area contributed by atoms with Crippen LogP contribution in [0.3, 0.4) is 0 Å². The van der Waals surface area contributed by atoms with E-state index in [-0.39, 0.29) is 12.4 Å². The summed E-state index contributed by atoms with van der Waals surface area (Å²) in [5.74, 6) is 1.71. The molecule has 2 aromatic rings. The quantitative estimate of drug-likeness (QED) is 0.861. The average Bonchev–Trinajstić information content (AvgIpc) is 2.52. The molecule has 0 aliphatic carbocycles. The van der Waals surface area contributed by atoms with Crippen molar-refractivity contribution >= 4 is 12.4 Å². The average molecular weight is 306 g/mol. The molecule has 2 aromatic carbocycles. The lowest BCUT2D eigenvalue weighted by atomic mass is 10.1. The summed E-state index contributed by atoms with van der Waals surface area (Å²) in [5, 5.41) is 3.46. The molecule has 0 spiro atoms. The molecule has 4 heteroatoms. The third-order valence-electron chi connectivity index (χ3n) is 3.37. The maximum absolute atomic E-state index is 5.59. The van der Waals surface area contributed by atoms with Crippen molar-refractivity contribution in [2.75, 3.05) is 19.8 Å². The zero-order valence-corrected chi connectivity index (χ0v) is 12.7. The van der Waals surface area contributed by atoms with E-state index in [1.807, 2.05) is 12.1 Å². The Labute approximate surface area is 131 Å². The van der Waals surface area contributed by atoms with E-state index in [1.54, 1.807) is 0 Å². The normalized spacial score (nSPS) is 12.6. The van der Waals surface area contributed by atoms with E-state index in [2.05, 4.69) is 41.7 Å². The maximum Gasteiger partial charge on any atom is 0.161 e. The Bertz CT molecular complexity index is 560. The summed E-state index contributed by atoms with van der Waals surface area (Å²) in [7, 11) is 0. The number of ether oxygens (including phenoxy) is 2. The van der Waals surface area contributed by atoms with Crippen molar-refractivity contribution in [3.63, 3.8) is 0 Å². The van der Waals surface area contributed by atoms with Crippen LogP contribution in [0.4, 0.5) is 0 Å². The van der Waals surface area contributed by atoms with Gasteiger partial charge in [-0.1, -0.05) is 36.4 Å². The number of hydrogen-bond donors (Lipinski definition) is 1. The first-order valence-corrected chi connectivity index (χ1v) is 7.05. The van der Waals surface area contributed by atoms with E-state index >= 15 is 0 Å². The second-order valence-corrected chi connectivity index (χ2v) is 4.89. The van der Waals surface area contributed by atoms with Gasteiger partial charge in [-0.25, -0.2) is 0 Å². The molecule has 0 radical (unpaired) electrons. The first kappa shape index (κ1) is 15.7. The fourth-order valence-corrected chi connectivity index (χ4v) is 2.31. The molecule has 112 valence electrons. The summed E-state index contributed by atoms with van der Waals surface area (Å²) in [5.41, 5.74) is 2.59. The van der Waals surface area contributed by atoms with E-state index < -0.39 is 0 Å². The molecule has 0 amide bonds. The third-order valence-corrected chi connectivity index (χ3v) is 3.37. The molecule has 21 heavy (non-hydrogen) atoms. The van der Waals surface area contributed by atoms with Crippen LogP contribution in [0, 0.1) is 0 Å². The van der Waals surface area contributed by atoms with Crippen molar-refractivity contribution in [1.82, 2.24) is 5.32 Å². The number of benzene rings is 2. The van der Waals surface area contributed by atoms with Gasteiger partial charge in [0.2, 0.25) is 0 Å². The van der Waals surface area contributed by atoms with Crippen molar-refractivity contribution in [2.45, 2.75) is 13.0 Å². The molecule has 0 fully saturated rings. The molecule has 0 saturated carbocycles. The van der Waals surface area contributed by atoms with Gasteiger partial charge < -0.3 is 14.8 Å². The van der Waals surface area contributed by atoms with Gasteiger partial charge in [-0.3, -0.25) is 0 Å². The fourth-order valence-electron chi connectivity index (χ4n) is 2.31. The van der Waals surface area contributed by atoms with Gasteiger partial charge in [-0.05, 0) is 36.2 Å². The lowest BCUT2D eigenvalue weighted by molar-refractivity contribution is 0.171. The van der Waals surface area contributed by atoms with Gasteiger partial charge in [0.25, 0.3) is 0 Å². The van der Waals surface area contributed by atoms with Gasteiger partial charge in [0.1, 0.15) is 13.2 Å². The van der Waals surface area contributed by atoms with Crippen LogP contribution < -0.4 is 14.8 Å². The molecule has 1 N–H and O–H groups in total. The molecule has 1 aliphatic heterocycles. The Morgan fingerprint density at radius 1 is 0.857 bits per heavy atom. The van der Waals surface area contributed by atoms with Crippen LogP contribution in [0.1, 0.15) is 11.1 Å². The Morgan fingerprint density at radius 3 is 2.43 bits per heavy atom. The highest BCUT2D eigenvalue weighted by atomic mass is 35.5. The molecule has 3 rings (SSSR count). The monoisotopic (exact) mass is 305 g/mol. The Hall–Kier alpha value is -1.71. The molecule has 3 nitrogen and oxygen atoms in total. The smallest absolute Gasteiger partial charge is 0.161 e. The highest BCUT2D eigenvalue weighted by Crippen LogP contribution is 2.30. The first-order valence-electron chi connectivity index (χ1n) is 7.05. The van der Waals surface area contributed by atoms with Gasteiger partial charge in [-0.2, -0.15) is 0 Å². The van der Waals surface area contributed by atoms with E-state index in [1.165, 1.54) is 11.1 Å². The fraction of sp³-hybridized carbons (Fsp3) is 0.294. The highest BCUT2D eigenvalue weighted by Gasteiger charge is 2.11. The van der Waals surface area contributed by atoms with Gasteiger partial charge in [0.15, 0.2) is 11.5 Å². The van der Waals surface area contributed by atoms with Crippen LogP contribution in [-0.2, 0) is 13.0 Å². The lowest BCUT2D eigenvalue weighted by Gasteiger charge is -2.19. The molecule has 1 heterocycles. The standard InChI is InChI=1S/C17H19NO2.ClH/c1-2-4-14(5-3-1)8-9-18-13-15-6-7-16-17(12-15)20-11-10-19-16;/h1-7,12,18H,8-11,13H2;1H. The molecular weight excluding hydrogens is 286 g/mol. The predicted molar refractivity (Wildman–Crippen MR) is 86.5 cm³/mol. The second-order valence-electron chi connectivity index (χ2n) is 4.89. The first-order chi connectivity index (χ1) is 9.92. The van der Waals surface area contributed by atoms with Crippen molar-refractivity contribution in [1.29, 1.82) is 0 Å². The number of fused-ring (bicyclic) bond motifs is 1. The third kappa shape index (κ3) is 4.38. The minimum absolute atomic E-state index is 0. The Morgan fingerprint density at radius 2 is 1.62 bits per heavy atom. The van der Waals surface area contributed by atoms with Crippen molar-refractivity contribution in [3.05, 3.63) is 59.7 Å². The minimum Gasteiger partial charge on any atom is -0.486 e. The van der Waals surface area contributed by atoms with Gasteiger partial charge >= 0.3 is 0 Å². The van der Waals surface area contributed by atoms with Gasteiger partial charge in [0.05, 0.1) is 0 Å². The molecule has 0 atom stereocenters. The predicted octanol–water partition coefficient (Wildman–Crippen LogP) is 3.21. The number of rotatable bonds is 5. The van der Waals surface area contributed by atoms with Crippen LogP contribution in [0.25, 0.3) is 0 Å². The SMILES string of the molecule is Cl.c1ccc(CCNCc2ccc3c(c2)OCCO3)cc1. The summed E-state index contributed by atoms with van der Waals surface area (Å²) in [6.45, 7) is 3.10. The maximum atomic E-state index is 5.59. The highest BCUT2D eigenvalue weighted by molar-refractivity contribution is 5.85. The van der Waals surface area contributed by atoms with E-state index in [9.17, 15) is 0 Å². The molecule has 0 aromatic heterocycles. The minimum atomic E-state index is 0.